The number of carbonyl (C=O) groups excluding carboxylic acids is 1. The minimum atomic E-state index is -0.248. The van der Waals surface area contributed by atoms with Crippen molar-refractivity contribution in [2.24, 2.45) is 0 Å². The molecule has 4 rings (SSSR count). The molecule has 2 atom stereocenters. The van der Waals surface area contributed by atoms with Gasteiger partial charge in [0.2, 0.25) is 5.91 Å². The van der Waals surface area contributed by atoms with Gasteiger partial charge in [-0.1, -0.05) is 49.0 Å². The number of carbonyl (C=O) groups is 1. The molecule has 156 valence electrons. The number of rotatable bonds is 9. The third kappa shape index (κ3) is 4.73. The van der Waals surface area contributed by atoms with E-state index in [-0.39, 0.29) is 11.2 Å². The van der Waals surface area contributed by atoms with Crippen LogP contribution in [0.4, 0.5) is 0 Å². The fourth-order valence-electron chi connectivity index (χ4n) is 3.51. The van der Waals surface area contributed by atoms with Crippen molar-refractivity contribution < 1.29 is 4.79 Å². The summed E-state index contributed by atoms with van der Waals surface area (Å²) in [6.45, 7) is 4.72. The standard InChI is InChI=1S/C23H27N5OS/c1-3-17(18-8-5-4-6-9-18)15-25-22(29)16(2)30-23-27-26-21(28(23)20-11-12-20)19-10-7-13-24-14-19/h4-10,13-14,16-17,20H,3,11-12,15H2,1-2H3,(H,25,29)/t16-,17-/m0/s1. The van der Waals surface area contributed by atoms with E-state index in [0.717, 1.165) is 35.8 Å². The molecule has 1 N–H and O–H groups in total. The van der Waals surface area contributed by atoms with E-state index in [4.69, 9.17) is 0 Å². The molecule has 2 heterocycles. The lowest BCUT2D eigenvalue weighted by Gasteiger charge is -2.18. The minimum Gasteiger partial charge on any atom is -0.355 e. The van der Waals surface area contributed by atoms with Gasteiger partial charge in [-0.05, 0) is 43.9 Å². The minimum absolute atomic E-state index is 0.0302. The van der Waals surface area contributed by atoms with Crippen molar-refractivity contribution in [3.63, 3.8) is 0 Å². The predicted octanol–water partition coefficient (Wildman–Crippen LogP) is 4.47. The van der Waals surface area contributed by atoms with Crippen LogP contribution in [-0.2, 0) is 4.79 Å². The monoisotopic (exact) mass is 421 g/mol. The molecule has 3 aromatic rings. The zero-order valence-electron chi connectivity index (χ0n) is 17.4. The highest BCUT2D eigenvalue weighted by atomic mass is 32.2. The van der Waals surface area contributed by atoms with Gasteiger partial charge in [-0.2, -0.15) is 0 Å². The maximum atomic E-state index is 12.8. The van der Waals surface area contributed by atoms with Crippen LogP contribution in [0.1, 0.15) is 50.6 Å². The number of nitrogens with one attached hydrogen (secondary N) is 1. The molecule has 1 aromatic carbocycles. The molecule has 7 heteroatoms. The van der Waals surface area contributed by atoms with Crippen LogP contribution in [0, 0.1) is 0 Å². The van der Waals surface area contributed by atoms with E-state index < -0.39 is 0 Å². The first kappa shape index (κ1) is 20.6. The zero-order valence-corrected chi connectivity index (χ0v) is 18.2. The van der Waals surface area contributed by atoms with Crippen molar-refractivity contribution in [3.05, 3.63) is 60.4 Å². The highest BCUT2D eigenvalue weighted by Gasteiger charge is 2.31. The van der Waals surface area contributed by atoms with Crippen LogP contribution in [0.3, 0.4) is 0 Å². The van der Waals surface area contributed by atoms with Crippen molar-refractivity contribution in [3.8, 4) is 11.4 Å². The van der Waals surface area contributed by atoms with Gasteiger partial charge in [0, 0.05) is 36.5 Å². The van der Waals surface area contributed by atoms with Crippen LogP contribution in [0.15, 0.2) is 60.0 Å². The molecule has 1 aliphatic carbocycles. The molecule has 0 spiro atoms. The normalized spacial score (nSPS) is 15.5. The fraction of sp³-hybridized carbons (Fsp3) is 0.391. The van der Waals surface area contributed by atoms with Crippen molar-refractivity contribution in [2.75, 3.05) is 6.54 Å². The van der Waals surface area contributed by atoms with E-state index in [0.29, 0.717) is 18.5 Å². The van der Waals surface area contributed by atoms with Gasteiger partial charge in [0.15, 0.2) is 11.0 Å². The number of thioether (sulfide) groups is 1. The van der Waals surface area contributed by atoms with Crippen LogP contribution in [0.25, 0.3) is 11.4 Å². The average Bonchev–Trinajstić information content (AvgIpc) is 3.55. The van der Waals surface area contributed by atoms with E-state index in [1.54, 1.807) is 6.20 Å². The van der Waals surface area contributed by atoms with Crippen LogP contribution < -0.4 is 5.32 Å². The molecular weight excluding hydrogens is 394 g/mol. The summed E-state index contributed by atoms with van der Waals surface area (Å²) in [6.07, 6.45) is 6.78. The molecule has 6 nitrogen and oxygen atoms in total. The van der Waals surface area contributed by atoms with E-state index in [2.05, 4.69) is 44.1 Å². The maximum Gasteiger partial charge on any atom is 0.233 e. The lowest BCUT2D eigenvalue weighted by Crippen LogP contribution is -2.34. The third-order valence-electron chi connectivity index (χ3n) is 5.43. The Hall–Kier alpha value is -2.67. The van der Waals surface area contributed by atoms with Gasteiger partial charge in [-0.15, -0.1) is 10.2 Å². The number of aromatic nitrogens is 4. The summed E-state index contributed by atoms with van der Waals surface area (Å²) in [5.74, 6) is 1.18. The molecule has 1 saturated carbocycles. The Morgan fingerprint density at radius 3 is 2.67 bits per heavy atom. The topological polar surface area (TPSA) is 72.7 Å². The Morgan fingerprint density at radius 2 is 2.00 bits per heavy atom. The molecule has 30 heavy (non-hydrogen) atoms. The number of pyridine rings is 1. The lowest BCUT2D eigenvalue weighted by atomic mass is 9.96. The Morgan fingerprint density at radius 1 is 1.20 bits per heavy atom. The lowest BCUT2D eigenvalue weighted by molar-refractivity contribution is -0.120. The number of nitrogens with zero attached hydrogens (tertiary/aromatic N) is 4. The summed E-state index contributed by atoms with van der Waals surface area (Å²) in [5.41, 5.74) is 2.21. The largest absolute Gasteiger partial charge is 0.355 e. The highest BCUT2D eigenvalue weighted by Crippen LogP contribution is 2.41. The van der Waals surface area contributed by atoms with Gasteiger partial charge in [0.25, 0.3) is 0 Å². The molecule has 2 aromatic heterocycles. The van der Waals surface area contributed by atoms with Gasteiger partial charge in [-0.25, -0.2) is 0 Å². The van der Waals surface area contributed by atoms with E-state index >= 15 is 0 Å². The van der Waals surface area contributed by atoms with E-state index in [1.807, 2.05) is 43.5 Å². The summed E-state index contributed by atoms with van der Waals surface area (Å²) in [7, 11) is 0. The first-order chi connectivity index (χ1) is 14.7. The van der Waals surface area contributed by atoms with Gasteiger partial charge in [0.05, 0.1) is 5.25 Å². The molecule has 0 saturated heterocycles. The molecule has 0 aliphatic heterocycles. The van der Waals surface area contributed by atoms with Crippen LogP contribution in [-0.4, -0.2) is 37.5 Å². The molecule has 0 radical (unpaired) electrons. The first-order valence-corrected chi connectivity index (χ1v) is 11.4. The molecular formula is C23H27N5OS. The number of hydrogen-bond donors (Lipinski definition) is 1. The second-order valence-electron chi connectivity index (χ2n) is 7.67. The second kappa shape index (κ2) is 9.43. The van der Waals surface area contributed by atoms with Crippen LogP contribution >= 0.6 is 11.8 Å². The Labute approximate surface area is 181 Å². The summed E-state index contributed by atoms with van der Waals surface area (Å²) < 4.78 is 2.17. The third-order valence-corrected chi connectivity index (χ3v) is 6.49. The Balaban J connectivity index is 1.42. The van der Waals surface area contributed by atoms with Crippen LogP contribution in [0.5, 0.6) is 0 Å². The maximum absolute atomic E-state index is 12.8. The van der Waals surface area contributed by atoms with E-state index in [9.17, 15) is 4.79 Å². The van der Waals surface area contributed by atoms with Gasteiger partial charge in [-0.3, -0.25) is 14.3 Å². The van der Waals surface area contributed by atoms with Gasteiger partial charge in [0.1, 0.15) is 0 Å². The highest BCUT2D eigenvalue weighted by molar-refractivity contribution is 8.00. The summed E-state index contributed by atoms with van der Waals surface area (Å²) in [6, 6.07) is 14.7. The van der Waals surface area contributed by atoms with Crippen LogP contribution in [0.2, 0.25) is 0 Å². The Bertz CT molecular complexity index is 972. The number of amides is 1. The van der Waals surface area contributed by atoms with E-state index in [1.165, 1.54) is 17.3 Å². The molecule has 1 fully saturated rings. The molecule has 1 amide bonds. The Kier molecular flexibility index (Phi) is 6.47. The SMILES string of the molecule is CC[C@@H](CNC(=O)[C@H](C)Sc1nnc(-c2cccnc2)n1C1CC1)c1ccccc1. The van der Waals surface area contributed by atoms with Crippen molar-refractivity contribution >= 4 is 17.7 Å². The molecule has 1 aliphatic rings. The van der Waals surface area contributed by atoms with Crippen molar-refractivity contribution in [1.82, 2.24) is 25.1 Å². The summed E-state index contributed by atoms with van der Waals surface area (Å²) in [4.78, 5) is 17.0. The van der Waals surface area contributed by atoms with Gasteiger partial charge < -0.3 is 5.32 Å². The molecule has 0 bridgehead atoms. The first-order valence-electron chi connectivity index (χ1n) is 10.5. The number of hydrogen-bond acceptors (Lipinski definition) is 5. The summed E-state index contributed by atoms with van der Waals surface area (Å²) >= 11 is 1.47. The predicted molar refractivity (Wildman–Crippen MR) is 119 cm³/mol. The smallest absolute Gasteiger partial charge is 0.233 e. The zero-order chi connectivity index (χ0) is 20.9. The van der Waals surface area contributed by atoms with Gasteiger partial charge >= 0.3 is 0 Å². The molecule has 0 unspecified atom stereocenters. The fourth-order valence-corrected chi connectivity index (χ4v) is 4.46. The van der Waals surface area contributed by atoms with Crippen molar-refractivity contribution in [2.45, 2.75) is 55.5 Å². The quantitative estimate of drug-likeness (QED) is 0.516. The summed E-state index contributed by atoms with van der Waals surface area (Å²) in [5, 5.41) is 12.5. The average molecular weight is 422 g/mol. The van der Waals surface area contributed by atoms with Crippen molar-refractivity contribution in [1.29, 1.82) is 0 Å². The number of benzene rings is 1. The second-order valence-corrected chi connectivity index (χ2v) is 8.98.